The van der Waals surface area contributed by atoms with E-state index in [1.165, 1.54) is 0 Å². The number of rotatable bonds is 10. The highest BCUT2D eigenvalue weighted by atomic mass is 32.2. The Labute approximate surface area is 140 Å². The van der Waals surface area contributed by atoms with Gasteiger partial charge < -0.3 is 10.2 Å². The summed E-state index contributed by atoms with van der Waals surface area (Å²) in [6.45, 7) is 9.26. The highest BCUT2D eigenvalue weighted by molar-refractivity contribution is 7.84. The van der Waals surface area contributed by atoms with Crippen molar-refractivity contribution in [3.8, 4) is 0 Å². The molecule has 0 saturated carbocycles. The molecule has 0 atom stereocenters. The van der Waals surface area contributed by atoms with Gasteiger partial charge in [-0.05, 0) is 44.6 Å². The lowest BCUT2D eigenvalue weighted by atomic mass is 10.1. The quantitative estimate of drug-likeness (QED) is 0.319. The molecular formula is C16H31NO5S. The van der Waals surface area contributed by atoms with E-state index in [0.717, 1.165) is 18.4 Å². The molecule has 6 nitrogen and oxygen atoms in total. The highest BCUT2D eigenvalue weighted by Gasteiger charge is 2.15. The number of unbranched alkanes of at least 4 members (excludes halogenated alkanes) is 1. The van der Waals surface area contributed by atoms with Crippen LogP contribution in [-0.4, -0.2) is 31.0 Å². The zero-order chi connectivity index (χ0) is 18.4. The van der Waals surface area contributed by atoms with Crippen molar-refractivity contribution in [2.45, 2.75) is 58.7 Å². The SMILES string of the molecule is C=C/C(=C\C=C/C)CCCCOS(N)(=O)=O.CCC(O)(O)CC. The van der Waals surface area contributed by atoms with Gasteiger partial charge in [-0.25, -0.2) is 5.14 Å². The minimum atomic E-state index is -3.79. The number of allylic oxidation sites excluding steroid dienone is 5. The summed E-state index contributed by atoms with van der Waals surface area (Å²) in [5.74, 6) is -1.42. The third-order valence-electron chi connectivity index (χ3n) is 3.00. The van der Waals surface area contributed by atoms with Crippen LogP contribution in [0.4, 0.5) is 0 Å². The Morgan fingerprint density at radius 3 is 2.17 bits per heavy atom. The Hall–Kier alpha value is -0.990. The second-order valence-corrected chi connectivity index (χ2v) is 6.15. The van der Waals surface area contributed by atoms with Crippen molar-refractivity contribution in [3.05, 3.63) is 36.5 Å². The molecule has 0 aliphatic rings. The van der Waals surface area contributed by atoms with Gasteiger partial charge in [0, 0.05) is 0 Å². The molecule has 0 radical (unpaired) electrons. The second-order valence-electron chi connectivity index (χ2n) is 4.93. The maximum Gasteiger partial charge on any atom is 0.333 e. The van der Waals surface area contributed by atoms with Gasteiger partial charge in [-0.1, -0.05) is 44.7 Å². The van der Waals surface area contributed by atoms with Crippen molar-refractivity contribution < 1.29 is 22.8 Å². The largest absolute Gasteiger partial charge is 0.366 e. The van der Waals surface area contributed by atoms with Crippen LogP contribution < -0.4 is 5.14 Å². The molecule has 0 spiro atoms. The summed E-state index contributed by atoms with van der Waals surface area (Å²) in [7, 11) is -3.79. The fraction of sp³-hybridized carbons (Fsp3) is 0.625. The first kappa shape index (κ1) is 24.3. The first-order valence-electron chi connectivity index (χ1n) is 7.68. The van der Waals surface area contributed by atoms with E-state index in [-0.39, 0.29) is 6.61 Å². The van der Waals surface area contributed by atoms with Gasteiger partial charge in [0.05, 0.1) is 6.61 Å². The summed E-state index contributed by atoms with van der Waals surface area (Å²) in [6.07, 6.45) is 10.8. The molecule has 0 rings (SSSR count). The van der Waals surface area contributed by atoms with E-state index in [4.69, 9.17) is 10.2 Å². The standard InChI is InChI=1S/C11H19NO3S.C5H12O2/c1-3-5-8-11(4-2)9-6-7-10-15-16(12,13)14;1-3-5(6,7)4-2/h3-5,8H,2,6-7,9-10H2,1H3,(H2,12,13,14);6-7H,3-4H2,1-2H3/b5-3-,11-8+;. The van der Waals surface area contributed by atoms with Gasteiger partial charge in [-0.15, -0.1) is 0 Å². The van der Waals surface area contributed by atoms with E-state index in [9.17, 15) is 8.42 Å². The van der Waals surface area contributed by atoms with Crippen LogP contribution >= 0.6 is 0 Å². The third kappa shape index (κ3) is 19.0. The van der Waals surface area contributed by atoms with Crippen LogP contribution in [0.2, 0.25) is 0 Å². The smallest absolute Gasteiger partial charge is 0.333 e. The van der Waals surface area contributed by atoms with E-state index in [2.05, 4.69) is 15.9 Å². The molecule has 136 valence electrons. The minimum Gasteiger partial charge on any atom is -0.366 e. The predicted molar refractivity (Wildman–Crippen MR) is 93.8 cm³/mol. The van der Waals surface area contributed by atoms with Crippen LogP contribution in [0.25, 0.3) is 0 Å². The predicted octanol–water partition coefficient (Wildman–Crippen LogP) is 2.55. The van der Waals surface area contributed by atoms with Crippen LogP contribution in [-0.2, 0) is 14.5 Å². The molecule has 0 aliphatic heterocycles. The lowest BCUT2D eigenvalue weighted by molar-refractivity contribution is -0.163. The van der Waals surface area contributed by atoms with Crippen LogP contribution in [0.5, 0.6) is 0 Å². The van der Waals surface area contributed by atoms with Gasteiger partial charge in [0.25, 0.3) is 0 Å². The summed E-state index contributed by atoms with van der Waals surface area (Å²) in [6, 6.07) is 0. The molecule has 23 heavy (non-hydrogen) atoms. The normalized spacial score (nSPS) is 12.9. The molecule has 0 unspecified atom stereocenters. The summed E-state index contributed by atoms with van der Waals surface area (Å²) in [5, 5.41) is 22.1. The molecule has 0 amide bonds. The van der Waals surface area contributed by atoms with Crippen LogP contribution in [0.1, 0.15) is 52.9 Å². The zero-order valence-electron chi connectivity index (χ0n) is 14.4. The molecule has 0 aliphatic carbocycles. The fourth-order valence-electron chi connectivity index (χ4n) is 1.33. The van der Waals surface area contributed by atoms with Crippen molar-refractivity contribution in [2.75, 3.05) is 6.61 Å². The van der Waals surface area contributed by atoms with Gasteiger partial charge in [-0.2, -0.15) is 8.42 Å². The van der Waals surface area contributed by atoms with Gasteiger partial charge in [0.15, 0.2) is 5.79 Å². The molecule has 0 bridgehead atoms. The molecule has 0 heterocycles. The molecule has 0 saturated heterocycles. The Balaban J connectivity index is 0. The molecule has 0 aromatic rings. The highest BCUT2D eigenvalue weighted by Crippen LogP contribution is 2.09. The van der Waals surface area contributed by atoms with E-state index in [0.29, 0.717) is 19.3 Å². The first-order valence-corrected chi connectivity index (χ1v) is 9.15. The molecule has 0 aromatic heterocycles. The van der Waals surface area contributed by atoms with E-state index < -0.39 is 16.1 Å². The average Bonchev–Trinajstić information content (AvgIpc) is 2.49. The lowest BCUT2D eigenvalue weighted by Gasteiger charge is -2.15. The van der Waals surface area contributed by atoms with Gasteiger partial charge >= 0.3 is 10.3 Å². The first-order chi connectivity index (χ1) is 10.6. The minimum absolute atomic E-state index is 0.132. The second kappa shape index (κ2) is 13.4. The summed E-state index contributed by atoms with van der Waals surface area (Å²) in [5.41, 5.74) is 1.12. The third-order valence-corrected chi connectivity index (χ3v) is 3.50. The van der Waals surface area contributed by atoms with Crippen molar-refractivity contribution in [3.63, 3.8) is 0 Å². The molecule has 0 fully saturated rings. The van der Waals surface area contributed by atoms with E-state index in [1.54, 1.807) is 19.9 Å². The number of hydrogen-bond donors (Lipinski definition) is 3. The number of hydrogen-bond acceptors (Lipinski definition) is 5. The van der Waals surface area contributed by atoms with E-state index >= 15 is 0 Å². The molecule has 7 heteroatoms. The van der Waals surface area contributed by atoms with Crippen molar-refractivity contribution in [2.24, 2.45) is 5.14 Å². The maximum atomic E-state index is 10.4. The maximum absolute atomic E-state index is 10.4. The van der Waals surface area contributed by atoms with E-state index in [1.807, 2.05) is 25.2 Å². The Bertz CT molecular complexity index is 461. The lowest BCUT2D eigenvalue weighted by Crippen LogP contribution is -2.24. The molecule has 4 N–H and O–H groups in total. The monoisotopic (exact) mass is 349 g/mol. The topological polar surface area (TPSA) is 110 Å². The fourth-order valence-corrected chi connectivity index (χ4v) is 1.68. The summed E-state index contributed by atoms with van der Waals surface area (Å²) < 4.78 is 25.3. The number of nitrogens with two attached hydrogens (primary N) is 1. The van der Waals surface area contributed by atoms with Crippen LogP contribution in [0.15, 0.2) is 36.5 Å². The van der Waals surface area contributed by atoms with Gasteiger partial charge in [-0.3, -0.25) is 4.18 Å². The summed E-state index contributed by atoms with van der Waals surface area (Å²) >= 11 is 0. The van der Waals surface area contributed by atoms with Gasteiger partial charge in [0.2, 0.25) is 0 Å². The summed E-state index contributed by atoms with van der Waals surface area (Å²) in [4.78, 5) is 0. The molecular weight excluding hydrogens is 318 g/mol. The van der Waals surface area contributed by atoms with Crippen molar-refractivity contribution >= 4 is 10.3 Å². The Morgan fingerprint density at radius 1 is 1.26 bits per heavy atom. The van der Waals surface area contributed by atoms with Crippen molar-refractivity contribution in [1.82, 2.24) is 0 Å². The Kier molecular flexibility index (Phi) is 14.2. The zero-order valence-corrected chi connectivity index (χ0v) is 15.2. The average molecular weight is 349 g/mol. The van der Waals surface area contributed by atoms with Crippen LogP contribution in [0, 0.1) is 0 Å². The van der Waals surface area contributed by atoms with Gasteiger partial charge in [0.1, 0.15) is 0 Å². The Morgan fingerprint density at radius 2 is 1.83 bits per heavy atom. The van der Waals surface area contributed by atoms with Crippen LogP contribution in [0.3, 0.4) is 0 Å². The number of aliphatic hydroxyl groups is 2. The van der Waals surface area contributed by atoms with Crippen molar-refractivity contribution in [1.29, 1.82) is 0 Å². The molecule has 0 aromatic carbocycles.